The highest BCUT2D eigenvalue weighted by Gasteiger charge is 2.20. The standard InChI is InChI=1S/C17H16N4O/c18-14-4-2-10-9-11(1-3-12(10)14)17(22)21-15-6-8-20-16-13(15)5-7-19-16/h1,3,5-9,14H,2,4,18H2,(H2,19,20,21,22). The molecule has 0 spiro atoms. The average molecular weight is 292 g/mol. The monoisotopic (exact) mass is 292 g/mol. The van der Waals surface area contributed by atoms with Crippen LogP contribution in [0.1, 0.15) is 33.9 Å². The number of hydrogen-bond acceptors (Lipinski definition) is 3. The predicted octanol–water partition coefficient (Wildman–Crippen LogP) is 2.76. The van der Waals surface area contributed by atoms with E-state index in [4.69, 9.17) is 5.73 Å². The van der Waals surface area contributed by atoms with Crippen molar-refractivity contribution < 1.29 is 4.79 Å². The highest BCUT2D eigenvalue weighted by atomic mass is 16.1. The van der Waals surface area contributed by atoms with E-state index >= 15 is 0 Å². The van der Waals surface area contributed by atoms with E-state index in [1.807, 2.05) is 30.5 Å². The van der Waals surface area contributed by atoms with Gasteiger partial charge in [-0.1, -0.05) is 6.07 Å². The third-order valence-electron chi connectivity index (χ3n) is 4.24. The number of carbonyl (C=O) groups is 1. The highest BCUT2D eigenvalue weighted by molar-refractivity contribution is 6.08. The van der Waals surface area contributed by atoms with E-state index in [0.29, 0.717) is 5.56 Å². The normalized spacial score (nSPS) is 16.7. The summed E-state index contributed by atoms with van der Waals surface area (Å²) in [5.41, 5.74) is 10.6. The Kier molecular flexibility index (Phi) is 2.94. The fraction of sp³-hybridized carbons (Fsp3) is 0.176. The van der Waals surface area contributed by atoms with Crippen LogP contribution in [0, 0.1) is 0 Å². The number of nitrogens with two attached hydrogens (primary N) is 1. The van der Waals surface area contributed by atoms with Crippen molar-refractivity contribution in [2.24, 2.45) is 5.73 Å². The quantitative estimate of drug-likeness (QED) is 0.679. The number of rotatable bonds is 2. The summed E-state index contributed by atoms with van der Waals surface area (Å²) in [7, 11) is 0. The summed E-state index contributed by atoms with van der Waals surface area (Å²) in [6.45, 7) is 0. The van der Waals surface area contributed by atoms with Gasteiger partial charge in [0.15, 0.2) is 0 Å². The minimum atomic E-state index is -0.114. The number of H-pyrrole nitrogens is 1. The van der Waals surface area contributed by atoms with Crippen molar-refractivity contribution >= 4 is 22.6 Å². The van der Waals surface area contributed by atoms with Crippen molar-refractivity contribution in [2.45, 2.75) is 18.9 Å². The van der Waals surface area contributed by atoms with Gasteiger partial charge < -0.3 is 16.0 Å². The van der Waals surface area contributed by atoms with Gasteiger partial charge in [0.2, 0.25) is 0 Å². The molecule has 5 heteroatoms. The van der Waals surface area contributed by atoms with E-state index in [0.717, 1.165) is 35.1 Å². The van der Waals surface area contributed by atoms with Gasteiger partial charge in [-0.05, 0) is 48.2 Å². The lowest BCUT2D eigenvalue weighted by molar-refractivity contribution is 0.102. The van der Waals surface area contributed by atoms with Crippen LogP contribution in [0.5, 0.6) is 0 Å². The summed E-state index contributed by atoms with van der Waals surface area (Å²) in [5.74, 6) is -0.114. The number of nitrogens with zero attached hydrogens (tertiary/aromatic N) is 1. The second-order valence-corrected chi connectivity index (χ2v) is 5.61. The van der Waals surface area contributed by atoms with Crippen LogP contribution in [0.15, 0.2) is 42.7 Å². The summed E-state index contributed by atoms with van der Waals surface area (Å²) in [6, 6.07) is 9.57. The molecule has 0 fully saturated rings. The topological polar surface area (TPSA) is 83.8 Å². The van der Waals surface area contributed by atoms with Crippen LogP contribution in [-0.2, 0) is 6.42 Å². The molecule has 1 atom stereocenters. The maximum Gasteiger partial charge on any atom is 0.255 e. The van der Waals surface area contributed by atoms with Crippen LogP contribution in [0.25, 0.3) is 11.0 Å². The molecule has 4 rings (SSSR count). The number of aryl methyl sites for hydroxylation is 1. The molecule has 2 aromatic heterocycles. The molecule has 22 heavy (non-hydrogen) atoms. The number of amides is 1. The molecular formula is C17H16N4O. The van der Waals surface area contributed by atoms with Crippen molar-refractivity contribution in [3.8, 4) is 0 Å². The molecule has 1 unspecified atom stereocenters. The second kappa shape index (κ2) is 4.96. The zero-order valence-electron chi connectivity index (χ0n) is 12.0. The Labute approximate surface area is 127 Å². The molecule has 1 aliphatic carbocycles. The SMILES string of the molecule is NC1CCc2cc(C(=O)Nc3ccnc4[nH]ccc34)ccc21. The molecule has 1 aliphatic rings. The van der Waals surface area contributed by atoms with Crippen LogP contribution in [-0.4, -0.2) is 15.9 Å². The molecule has 0 saturated heterocycles. The first kappa shape index (κ1) is 13.0. The van der Waals surface area contributed by atoms with Gasteiger partial charge in [0.05, 0.1) is 5.69 Å². The number of anilines is 1. The van der Waals surface area contributed by atoms with Crippen LogP contribution in [0.3, 0.4) is 0 Å². The van der Waals surface area contributed by atoms with E-state index in [2.05, 4.69) is 15.3 Å². The van der Waals surface area contributed by atoms with Gasteiger partial charge in [-0.2, -0.15) is 0 Å². The predicted molar refractivity (Wildman–Crippen MR) is 85.7 cm³/mol. The smallest absolute Gasteiger partial charge is 0.255 e. The molecule has 0 saturated carbocycles. The summed E-state index contributed by atoms with van der Waals surface area (Å²) in [5, 5.41) is 3.86. The Hall–Kier alpha value is -2.66. The minimum Gasteiger partial charge on any atom is -0.346 e. The van der Waals surface area contributed by atoms with Crippen LogP contribution in [0.4, 0.5) is 5.69 Å². The van der Waals surface area contributed by atoms with E-state index in [1.165, 1.54) is 5.56 Å². The average Bonchev–Trinajstić information content (AvgIpc) is 3.14. The minimum absolute atomic E-state index is 0.104. The summed E-state index contributed by atoms with van der Waals surface area (Å²) in [4.78, 5) is 19.7. The Morgan fingerprint density at radius 2 is 2.23 bits per heavy atom. The van der Waals surface area contributed by atoms with Gasteiger partial charge in [-0.3, -0.25) is 4.79 Å². The van der Waals surface area contributed by atoms with Crippen molar-refractivity contribution in [2.75, 3.05) is 5.32 Å². The first-order valence-electron chi connectivity index (χ1n) is 7.34. The molecule has 4 N–H and O–H groups in total. The van der Waals surface area contributed by atoms with Gasteiger partial charge >= 0.3 is 0 Å². The van der Waals surface area contributed by atoms with Gasteiger partial charge in [0, 0.05) is 29.4 Å². The number of carbonyl (C=O) groups excluding carboxylic acids is 1. The van der Waals surface area contributed by atoms with Crippen LogP contribution in [0.2, 0.25) is 0 Å². The first-order valence-corrected chi connectivity index (χ1v) is 7.34. The summed E-state index contributed by atoms with van der Waals surface area (Å²) >= 11 is 0. The van der Waals surface area contributed by atoms with Gasteiger partial charge in [0.25, 0.3) is 5.91 Å². The third-order valence-corrected chi connectivity index (χ3v) is 4.24. The highest BCUT2D eigenvalue weighted by Crippen LogP contribution is 2.30. The van der Waals surface area contributed by atoms with Gasteiger partial charge in [-0.15, -0.1) is 0 Å². The molecule has 1 amide bonds. The molecule has 0 radical (unpaired) electrons. The van der Waals surface area contributed by atoms with Crippen molar-refractivity contribution in [3.63, 3.8) is 0 Å². The zero-order valence-corrected chi connectivity index (χ0v) is 12.0. The molecular weight excluding hydrogens is 276 g/mol. The number of benzene rings is 1. The van der Waals surface area contributed by atoms with Crippen molar-refractivity contribution in [1.82, 2.24) is 9.97 Å². The van der Waals surface area contributed by atoms with E-state index in [1.54, 1.807) is 12.3 Å². The Bertz CT molecular complexity index is 868. The lowest BCUT2D eigenvalue weighted by atomic mass is 10.0. The maximum atomic E-state index is 12.5. The Balaban J connectivity index is 1.64. The second-order valence-electron chi connectivity index (χ2n) is 5.61. The van der Waals surface area contributed by atoms with Gasteiger partial charge in [-0.25, -0.2) is 4.98 Å². The maximum absolute atomic E-state index is 12.5. The number of aromatic nitrogens is 2. The molecule has 110 valence electrons. The largest absolute Gasteiger partial charge is 0.346 e. The number of nitrogens with one attached hydrogen (secondary N) is 2. The zero-order chi connectivity index (χ0) is 15.1. The summed E-state index contributed by atoms with van der Waals surface area (Å²) in [6.07, 6.45) is 5.38. The molecule has 0 bridgehead atoms. The fourth-order valence-corrected chi connectivity index (χ4v) is 3.06. The lowest BCUT2D eigenvalue weighted by Crippen LogP contribution is -2.13. The number of hydrogen-bond donors (Lipinski definition) is 3. The van der Waals surface area contributed by atoms with Crippen LogP contribution >= 0.6 is 0 Å². The number of aromatic amines is 1. The molecule has 3 aromatic rings. The molecule has 2 heterocycles. The Morgan fingerprint density at radius 1 is 1.32 bits per heavy atom. The fourth-order valence-electron chi connectivity index (χ4n) is 3.06. The van der Waals surface area contributed by atoms with Crippen molar-refractivity contribution in [1.29, 1.82) is 0 Å². The third kappa shape index (κ3) is 2.07. The number of fused-ring (bicyclic) bond motifs is 2. The summed E-state index contributed by atoms with van der Waals surface area (Å²) < 4.78 is 0. The molecule has 5 nitrogen and oxygen atoms in total. The first-order chi connectivity index (χ1) is 10.7. The van der Waals surface area contributed by atoms with E-state index in [-0.39, 0.29) is 11.9 Å². The van der Waals surface area contributed by atoms with E-state index < -0.39 is 0 Å². The Morgan fingerprint density at radius 3 is 3.14 bits per heavy atom. The van der Waals surface area contributed by atoms with Gasteiger partial charge in [0.1, 0.15) is 5.65 Å². The number of pyridine rings is 1. The molecule has 1 aromatic carbocycles. The van der Waals surface area contributed by atoms with E-state index in [9.17, 15) is 4.79 Å². The molecule has 0 aliphatic heterocycles. The van der Waals surface area contributed by atoms with Crippen LogP contribution < -0.4 is 11.1 Å². The van der Waals surface area contributed by atoms with Crippen molar-refractivity contribution in [3.05, 3.63) is 59.4 Å². The lowest BCUT2D eigenvalue weighted by Gasteiger charge is -2.09.